The molecule has 1 aromatic carbocycles. The predicted molar refractivity (Wildman–Crippen MR) is 98.3 cm³/mol. The third-order valence-electron chi connectivity index (χ3n) is 4.83. The minimum Gasteiger partial charge on any atom is -0.376 e. The first-order valence-corrected chi connectivity index (χ1v) is 9.13. The van der Waals surface area contributed by atoms with E-state index in [9.17, 15) is 4.79 Å². The highest BCUT2D eigenvalue weighted by atomic mass is 79.9. The molecule has 5 heteroatoms. The number of hydrogen-bond donors (Lipinski definition) is 0. The van der Waals surface area contributed by atoms with Crippen LogP contribution < -0.4 is 0 Å². The molecule has 3 rings (SSSR count). The van der Waals surface area contributed by atoms with Crippen molar-refractivity contribution in [3.05, 3.63) is 34.3 Å². The van der Waals surface area contributed by atoms with E-state index in [0.717, 1.165) is 36.9 Å². The molecule has 1 saturated carbocycles. The van der Waals surface area contributed by atoms with Gasteiger partial charge in [-0.2, -0.15) is 0 Å². The molecule has 1 heterocycles. The first-order valence-electron chi connectivity index (χ1n) is 8.34. The molecule has 0 radical (unpaired) electrons. The lowest BCUT2D eigenvalue weighted by atomic mass is 9.91. The van der Waals surface area contributed by atoms with Crippen LogP contribution in [0.4, 0.5) is 0 Å². The van der Waals surface area contributed by atoms with E-state index in [-0.39, 0.29) is 12.4 Å². The Morgan fingerprint density at radius 1 is 1.17 bits per heavy atom. The Morgan fingerprint density at radius 2 is 1.91 bits per heavy atom. The number of nitrogens with zero attached hydrogens (tertiary/aromatic N) is 1. The highest BCUT2D eigenvalue weighted by molar-refractivity contribution is 9.10. The predicted octanol–water partition coefficient (Wildman–Crippen LogP) is 4.02. The van der Waals surface area contributed by atoms with E-state index < -0.39 is 0 Å². The Labute approximate surface area is 153 Å². The summed E-state index contributed by atoms with van der Waals surface area (Å²) in [6.07, 6.45) is 6.81. The smallest absolute Gasteiger partial charge is 0.148 e. The van der Waals surface area contributed by atoms with Gasteiger partial charge in [-0.05, 0) is 37.0 Å². The molecular weight excluding hydrogens is 378 g/mol. The van der Waals surface area contributed by atoms with Crippen LogP contribution in [0.25, 0.3) is 0 Å². The SMILES string of the molecule is Cl.O=C1CCN([C@@H]2CCCC[C@H]2OCCc2ccc(Br)cc2)C1. The fourth-order valence-corrected chi connectivity index (χ4v) is 3.87. The van der Waals surface area contributed by atoms with E-state index in [2.05, 4.69) is 45.1 Å². The van der Waals surface area contributed by atoms with Crippen molar-refractivity contribution in [2.24, 2.45) is 0 Å². The number of halogens is 2. The Kier molecular flexibility index (Phi) is 7.54. The van der Waals surface area contributed by atoms with Crippen LogP contribution >= 0.6 is 28.3 Å². The molecule has 0 bridgehead atoms. The number of carbonyl (C=O) groups is 1. The van der Waals surface area contributed by atoms with Crippen molar-refractivity contribution < 1.29 is 9.53 Å². The zero-order chi connectivity index (χ0) is 15.4. The topological polar surface area (TPSA) is 29.5 Å². The van der Waals surface area contributed by atoms with Gasteiger partial charge in [0, 0.05) is 23.5 Å². The molecule has 0 amide bonds. The molecule has 2 aliphatic rings. The fraction of sp³-hybridized carbons (Fsp3) is 0.611. The molecule has 1 saturated heterocycles. The molecular formula is C18H25BrClNO2. The minimum atomic E-state index is 0. The summed E-state index contributed by atoms with van der Waals surface area (Å²) >= 11 is 3.46. The monoisotopic (exact) mass is 401 g/mol. The van der Waals surface area contributed by atoms with Gasteiger partial charge in [-0.3, -0.25) is 9.69 Å². The third kappa shape index (κ3) is 5.28. The Morgan fingerprint density at radius 3 is 2.61 bits per heavy atom. The van der Waals surface area contributed by atoms with Crippen LogP contribution in [-0.4, -0.2) is 42.5 Å². The summed E-state index contributed by atoms with van der Waals surface area (Å²) in [6.45, 7) is 2.33. The van der Waals surface area contributed by atoms with E-state index in [1.807, 2.05) is 0 Å². The van der Waals surface area contributed by atoms with E-state index in [0.29, 0.717) is 24.5 Å². The van der Waals surface area contributed by atoms with Crippen molar-refractivity contribution in [1.82, 2.24) is 4.90 Å². The summed E-state index contributed by atoms with van der Waals surface area (Å²) < 4.78 is 7.33. The zero-order valence-corrected chi connectivity index (χ0v) is 15.8. The van der Waals surface area contributed by atoms with Gasteiger partial charge in [0.1, 0.15) is 5.78 Å². The molecule has 3 nitrogen and oxygen atoms in total. The van der Waals surface area contributed by atoms with Gasteiger partial charge >= 0.3 is 0 Å². The molecule has 0 unspecified atom stereocenters. The summed E-state index contributed by atoms with van der Waals surface area (Å²) in [7, 11) is 0. The molecule has 23 heavy (non-hydrogen) atoms. The molecule has 0 spiro atoms. The maximum absolute atomic E-state index is 11.5. The maximum Gasteiger partial charge on any atom is 0.148 e. The van der Waals surface area contributed by atoms with Gasteiger partial charge in [-0.15, -0.1) is 12.4 Å². The van der Waals surface area contributed by atoms with Gasteiger partial charge in [-0.1, -0.05) is 40.9 Å². The number of Topliss-reactive ketones (excluding diaryl/α,β-unsaturated/α-hetero) is 1. The van der Waals surface area contributed by atoms with Crippen molar-refractivity contribution >= 4 is 34.1 Å². The number of likely N-dealkylation sites (tertiary alicyclic amines) is 1. The standard InChI is InChI=1S/C18H24BrNO2.ClH/c19-15-7-5-14(6-8-15)10-12-22-18-4-2-1-3-17(18)20-11-9-16(21)13-20;/h5-8,17-18H,1-4,9-13H2;1H/t17-,18-;/m1./s1. The number of carbonyl (C=O) groups excluding carboxylic acids is 1. The largest absolute Gasteiger partial charge is 0.376 e. The van der Waals surface area contributed by atoms with E-state index in [4.69, 9.17) is 4.74 Å². The van der Waals surface area contributed by atoms with Gasteiger partial charge in [-0.25, -0.2) is 0 Å². The van der Waals surface area contributed by atoms with Gasteiger partial charge in [0.2, 0.25) is 0 Å². The van der Waals surface area contributed by atoms with Gasteiger partial charge in [0.05, 0.1) is 19.3 Å². The van der Waals surface area contributed by atoms with Crippen LogP contribution in [0.2, 0.25) is 0 Å². The van der Waals surface area contributed by atoms with E-state index >= 15 is 0 Å². The second-order valence-electron chi connectivity index (χ2n) is 6.40. The molecule has 1 aliphatic carbocycles. The summed E-state index contributed by atoms with van der Waals surface area (Å²) in [4.78, 5) is 13.9. The zero-order valence-electron chi connectivity index (χ0n) is 13.4. The van der Waals surface area contributed by atoms with Gasteiger partial charge < -0.3 is 4.74 Å². The Balaban J connectivity index is 0.00000192. The van der Waals surface area contributed by atoms with E-state index in [1.54, 1.807) is 0 Å². The average Bonchev–Trinajstić information content (AvgIpc) is 2.96. The Bertz CT molecular complexity index is 508. The van der Waals surface area contributed by atoms with Crippen LogP contribution in [0.1, 0.15) is 37.7 Å². The van der Waals surface area contributed by atoms with Crippen molar-refractivity contribution in [1.29, 1.82) is 0 Å². The lowest BCUT2D eigenvalue weighted by Gasteiger charge is -2.37. The summed E-state index contributed by atoms with van der Waals surface area (Å²) in [5.41, 5.74) is 1.31. The first kappa shape index (κ1) is 18.9. The minimum absolute atomic E-state index is 0. The number of benzene rings is 1. The van der Waals surface area contributed by atoms with Gasteiger partial charge in [0.25, 0.3) is 0 Å². The maximum atomic E-state index is 11.5. The lowest BCUT2D eigenvalue weighted by Crippen LogP contribution is -2.45. The summed E-state index contributed by atoms with van der Waals surface area (Å²) in [5.74, 6) is 0.388. The number of ether oxygens (including phenoxy) is 1. The number of hydrogen-bond acceptors (Lipinski definition) is 3. The second kappa shape index (κ2) is 9.16. The van der Waals surface area contributed by atoms with Gasteiger partial charge in [0.15, 0.2) is 0 Å². The summed E-state index contributed by atoms with van der Waals surface area (Å²) in [6, 6.07) is 8.89. The van der Waals surface area contributed by atoms with Crippen molar-refractivity contribution in [3.8, 4) is 0 Å². The Hall–Kier alpha value is -0.420. The first-order chi connectivity index (χ1) is 10.7. The van der Waals surface area contributed by atoms with Crippen molar-refractivity contribution in [2.45, 2.75) is 50.7 Å². The van der Waals surface area contributed by atoms with Crippen molar-refractivity contribution in [2.75, 3.05) is 19.7 Å². The normalized spacial score (nSPS) is 25.3. The number of ketones is 1. The lowest BCUT2D eigenvalue weighted by molar-refractivity contribution is -0.117. The van der Waals surface area contributed by atoms with Crippen LogP contribution in [0.15, 0.2) is 28.7 Å². The molecule has 128 valence electrons. The molecule has 1 aliphatic heterocycles. The summed E-state index contributed by atoms with van der Waals surface area (Å²) in [5, 5.41) is 0. The highest BCUT2D eigenvalue weighted by Gasteiger charge is 2.34. The second-order valence-corrected chi connectivity index (χ2v) is 7.31. The van der Waals surface area contributed by atoms with Crippen LogP contribution in [0.3, 0.4) is 0 Å². The molecule has 0 N–H and O–H groups in total. The van der Waals surface area contributed by atoms with Crippen LogP contribution in [0, 0.1) is 0 Å². The highest BCUT2D eigenvalue weighted by Crippen LogP contribution is 2.27. The van der Waals surface area contributed by atoms with Crippen LogP contribution in [-0.2, 0) is 16.0 Å². The molecule has 1 aromatic rings. The molecule has 0 aromatic heterocycles. The van der Waals surface area contributed by atoms with Crippen molar-refractivity contribution in [3.63, 3.8) is 0 Å². The van der Waals surface area contributed by atoms with Crippen LogP contribution in [0.5, 0.6) is 0 Å². The molecule has 2 fully saturated rings. The fourth-order valence-electron chi connectivity index (χ4n) is 3.60. The average molecular weight is 403 g/mol. The van der Waals surface area contributed by atoms with E-state index in [1.165, 1.54) is 24.8 Å². The molecule has 2 atom stereocenters. The number of rotatable bonds is 5. The third-order valence-corrected chi connectivity index (χ3v) is 5.36. The quantitative estimate of drug-likeness (QED) is 0.745.